The summed E-state index contributed by atoms with van der Waals surface area (Å²) in [5.74, 6) is 1.14. The van der Waals surface area contributed by atoms with Gasteiger partial charge in [0.25, 0.3) is 0 Å². The molecule has 0 amide bonds. The van der Waals surface area contributed by atoms with Crippen LogP contribution < -0.4 is 5.32 Å². The van der Waals surface area contributed by atoms with Gasteiger partial charge in [0, 0.05) is 26.0 Å². The second kappa shape index (κ2) is 8.65. The van der Waals surface area contributed by atoms with Crippen LogP contribution in [0, 0.1) is 0 Å². The molecule has 4 heteroatoms. The summed E-state index contributed by atoms with van der Waals surface area (Å²) in [5.41, 5.74) is 0. The number of hydrogen-bond acceptors (Lipinski definition) is 3. The maximum Gasteiger partial charge on any atom is 0.0693 e. The van der Waals surface area contributed by atoms with Crippen LogP contribution in [0.2, 0.25) is 0 Å². The molecule has 68 valence electrons. The average Bonchev–Trinajstić information content (AvgIpc) is 1.99. The van der Waals surface area contributed by atoms with Crippen LogP contribution in [0.4, 0.5) is 0 Å². The molecule has 0 saturated heterocycles. The van der Waals surface area contributed by atoms with Crippen LogP contribution in [0.15, 0.2) is 0 Å². The Bertz CT molecular complexity index is 84.8. The molecule has 0 aromatic heterocycles. The summed E-state index contributed by atoms with van der Waals surface area (Å²) in [4.78, 5) is 0. The Morgan fingerprint density at radius 3 is 2.91 bits per heavy atom. The fraction of sp³-hybridized carbons (Fsp3) is 1.00. The van der Waals surface area contributed by atoms with E-state index in [2.05, 4.69) is 11.6 Å². The van der Waals surface area contributed by atoms with Crippen molar-refractivity contribution >= 4 is 23.4 Å². The second-order valence-corrected chi connectivity index (χ2v) is 3.85. The monoisotopic (exact) mass is 197 g/mol. The van der Waals surface area contributed by atoms with E-state index in [1.165, 1.54) is 0 Å². The number of thioether (sulfide) groups is 1. The van der Waals surface area contributed by atoms with E-state index in [1.54, 1.807) is 7.11 Å². The van der Waals surface area contributed by atoms with E-state index in [-0.39, 0.29) is 5.38 Å². The second-order valence-electron chi connectivity index (χ2n) is 2.25. The maximum atomic E-state index is 5.87. The largest absolute Gasteiger partial charge is 0.383 e. The van der Waals surface area contributed by atoms with Gasteiger partial charge in [0.1, 0.15) is 0 Å². The highest BCUT2D eigenvalue weighted by molar-refractivity contribution is 7.98. The van der Waals surface area contributed by atoms with E-state index in [0.717, 1.165) is 18.8 Å². The summed E-state index contributed by atoms with van der Waals surface area (Å²) in [6, 6.07) is 0. The Kier molecular flexibility index (Phi) is 9.10. The van der Waals surface area contributed by atoms with Gasteiger partial charge in [0.15, 0.2) is 0 Å². The lowest BCUT2D eigenvalue weighted by Gasteiger charge is -2.08. The van der Waals surface area contributed by atoms with Crippen molar-refractivity contribution in [1.82, 2.24) is 5.32 Å². The quantitative estimate of drug-likeness (QED) is 0.490. The molecule has 0 aromatic rings. The molecule has 0 spiro atoms. The van der Waals surface area contributed by atoms with Crippen LogP contribution in [-0.2, 0) is 4.74 Å². The Morgan fingerprint density at radius 2 is 2.36 bits per heavy atom. The number of rotatable bonds is 7. The van der Waals surface area contributed by atoms with Gasteiger partial charge in [-0.2, -0.15) is 11.8 Å². The molecule has 0 rings (SSSR count). The third-order valence-electron chi connectivity index (χ3n) is 1.20. The normalized spacial score (nSPS) is 13.4. The molecule has 0 aromatic carbocycles. The molecule has 2 nitrogen and oxygen atoms in total. The van der Waals surface area contributed by atoms with Crippen molar-refractivity contribution < 1.29 is 4.74 Å². The van der Waals surface area contributed by atoms with Crippen molar-refractivity contribution in [2.75, 3.05) is 38.8 Å². The number of hydrogen-bond donors (Lipinski definition) is 1. The lowest BCUT2D eigenvalue weighted by atomic mass is 10.4. The van der Waals surface area contributed by atoms with Crippen molar-refractivity contribution in [2.45, 2.75) is 5.38 Å². The molecule has 0 heterocycles. The minimum absolute atomic E-state index is 0.0989. The van der Waals surface area contributed by atoms with Crippen LogP contribution >= 0.6 is 23.4 Å². The molecule has 0 aliphatic rings. The number of ether oxygens (including phenoxy) is 1. The molecule has 0 bridgehead atoms. The zero-order chi connectivity index (χ0) is 8.53. The third-order valence-corrected chi connectivity index (χ3v) is 2.09. The van der Waals surface area contributed by atoms with Gasteiger partial charge in [-0.05, 0) is 6.26 Å². The Balaban J connectivity index is 2.97. The fourth-order valence-corrected chi connectivity index (χ4v) is 1.26. The van der Waals surface area contributed by atoms with E-state index >= 15 is 0 Å². The van der Waals surface area contributed by atoms with Crippen molar-refractivity contribution in [1.29, 1.82) is 0 Å². The molecule has 0 fully saturated rings. The van der Waals surface area contributed by atoms with Crippen molar-refractivity contribution in [3.05, 3.63) is 0 Å². The maximum absolute atomic E-state index is 5.87. The molecule has 0 radical (unpaired) electrons. The zero-order valence-electron chi connectivity index (χ0n) is 7.10. The Morgan fingerprint density at radius 1 is 1.64 bits per heavy atom. The van der Waals surface area contributed by atoms with E-state index in [9.17, 15) is 0 Å². The summed E-state index contributed by atoms with van der Waals surface area (Å²) in [5, 5.41) is 3.34. The highest BCUT2D eigenvalue weighted by atomic mass is 35.5. The van der Waals surface area contributed by atoms with E-state index in [1.807, 2.05) is 11.8 Å². The van der Waals surface area contributed by atoms with Crippen molar-refractivity contribution in [2.24, 2.45) is 0 Å². The summed E-state index contributed by atoms with van der Waals surface area (Å²) in [6.07, 6.45) is 2.09. The minimum Gasteiger partial charge on any atom is -0.383 e. The van der Waals surface area contributed by atoms with Crippen LogP contribution in [-0.4, -0.2) is 44.2 Å². The van der Waals surface area contributed by atoms with Crippen LogP contribution in [0.3, 0.4) is 0 Å². The number of methoxy groups -OCH3 is 1. The van der Waals surface area contributed by atoms with Gasteiger partial charge < -0.3 is 10.1 Å². The standard InChI is InChI=1S/C7H16ClNOS/c1-10-6-7(8)5-9-3-4-11-2/h7,9H,3-6H2,1-2H3. The first-order valence-electron chi connectivity index (χ1n) is 3.64. The van der Waals surface area contributed by atoms with Crippen LogP contribution in [0.1, 0.15) is 0 Å². The Labute approximate surface area is 78.0 Å². The lowest BCUT2D eigenvalue weighted by molar-refractivity contribution is 0.197. The zero-order valence-corrected chi connectivity index (χ0v) is 8.67. The first-order chi connectivity index (χ1) is 5.31. The predicted molar refractivity (Wildman–Crippen MR) is 52.8 cm³/mol. The fourth-order valence-electron chi connectivity index (χ4n) is 0.673. The first-order valence-corrected chi connectivity index (χ1v) is 5.47. The highest BCUT2D eigenvalue weighted by Crippen LogP contribution is 1.94. The molecule has 1 atom stereocenters. The van der Waals surface area contributed by atoms with E-state index < -0.39 is 0 Å². The van der Waals surface area contributed by atoms with E-state index in [4.69, 9.17) is 16.3 Å². The smallest absolute Gasteiger partial charge is 0.0693 e. The summed E-state index contributed by atoms with van der Waals surface area (Å²) < 4.78 is 4.88. The molecule has 1 N–H and O–H groups in total. The number of halogens is 1. The van der Waals surface area contributed by atoms with Crippen LogP contribution in [0.25, 0.3) is 0 Å². The Hall–Kier alpha value is 0.560. The van der Waals surface area contributed by atoms with Crippen molar-refractivity contribution in [3.8, 4) is 0 Å². The summed E-state index contributed by atoms with van der Waals surface area (Å²) in [7, 11) is 1.66. The first kappa shape index (κ1) is 11.6. The topological polar surface area (TPSA) is 21.3 Å². The molecule has 0 aliphatic carbocycles. The summed E-state index contributed by atoms with van der Waals surface area (Å²) >= 11 is 7.70. The number of alkyl halides is 1. The van der Waals surface area contributed by atoms with Gasteiger partial charge in [-0.1, -0.05) is 0 Å². The van der Waals surface area contributed by atoms with E-state index in [0.29, 0.717) is 6.61 Å². The SMILES string of the molecule is COCC(Cl)CNCCSC. The van der Waals surface area contributed by atoms with Crippen molar-refractivity contribution in [3.63, 3.8) is 0 Å². The lowest BCUT2D eigenvalue weighted by Crippen LogP contribution is -2.27. The average molecular weight is 198 g/mol. The molecular formula is C7H16ClNOS. The van der Waals surface area contributed by atoms with Gasteiger partial charge in [0.05, 0.1) is 12.0 Å². The number of nitrogens with one attached hydrogen (secondary N) is 1. The van der Waals surface area contributed by atoms with Gasteiger partial charge in [-0.15, -0.1) is 11.6 Å². The minimum atomic E-state index is 0.0989. The van der Waals surface area contributed by atoms with Crippen LogP contribution in [0.5, 0.6) is 0 Å². The molecule has 11 heavy (non-hydrogen) atoms. The summed E-state index contributed by atoms with van der Waals surface area (Å²) in [6.45, 7) is 2.47. The van der Waals surface area contributed by atoms with Gasteiger partial charge >= 0.3 is 0 Å². The third kappa shape index (κ3) is 8.47. The highest BCUT2D eigenvalue weighted by Gasteiger charge is 2.01. The van der Waals surface area contributed by atoms with Gasteiger partial charge in [0.2, 0.25) is 0 Å². The molecule has 1 unspecified atom stereocenters. The van der Waals surface area contributed by atoms with Gasteiger partial charge in [-0.25, -0.2) is 0 Å². The molecule has 0 saturated carbocycles. The molecular weight excluding hydrogens is 182 g/mol. The van der Waals surface area contributed by atoms with Gasteiger partial charge in [-0.3, -0.25) is 0 Å². The molecule has 0 aliphatic heterocycles. The predicted octanol–water partition coefficient (Wildman–Crippen LogP) is 1.19.